The molecule has 1 amide bonds. The van der Waals surface area contributed by atoms with Crippen LogP contribution in [0.25, 0.3) is 0 Å². The van der Waals surface area contributed by atoms with Gasteiger partial charge in [0.05, 0.1) is 0 Å². The number of ether oxygens (including phenoxy) is 1. The summed E-state index contributed by atoms with van der Waals surface area (Å²) in [7, 11) is 0. The third-order valence-corrected chi connectivity index (χ3v) is 3.82. The zero-order chi connectivity index (χ0) is 16.2. The minimum Gasteiger partial charge on any atom is -0.444 e. The van der Waals surface area contributed by atoms with Gasteiger partial charge in [0.25, 0.3) is 0 Å². The molecule has 2 heterocycles. The van der Waals surface area contributed by atoms with Crippen LogP contribution in [0.4, 0.5) is 10.6 Å². The molecule has 5 heteroatoms. The number of carbonyl (C=O) groups is 1. The number of carbonyl (C=O) groups excluding carboxylic acids is 1. The molecule has 1 atom stereocenters. The van der Waals surface area contributed by atoms with Gasteiger partial charge in [0, 0.05) is 12.2 Å². The van der Waals surface area contributed by atoms with Gasteiger partial charge in [-0.25, -0.2) is 9.78 Å². The van der Waals surface area contributed by atoms with E-state index in [1.54, 1.807) is 0 Å². The van der Waals surface area contributed by atoms with Gasteiger partial charge in [0.2, 0.25) is 0 Å². The fourth-order valence-corrected chi connectivity index (χ4v) is 2.83. The van der Waals surface area contributed by atoms with Gasteiger partial charge in [0.15, 0.2) is 0 Å². The molecule has 0 saturated carbocycles. The number of hydrogen-bond acceptors (Lipinski definition) is 4. The first-order valence-electron chi connectivity index (χ1n) is 8.09. The lowest BCUT2D eigenvalue weighted by atomic mass is 9.96. The van der Waals surface area contributed by atoms with E-state index >= 15 is 0 Å². The lowest BCUT2D eigenvalue weighted by molar-refractivity contribution is 0.0635. The first kappa shape index (κ1) is 16.7. The lowest BCUT2D eigenvalue weighted by Gasteiger charge is -2.35. The molecule has 1 aliphatic rings. The van der Waals surface area contributed by atoms with Crippen molar-refractivity contribution in [1.29, 1.82) is 0 Å². The standard InChI is InChI=1S/C17H27N3O2/c1-5-20-11-7-6-8-14(20)13-9-10-15(18-12-13)19-16(21)22-17(2,3)4/h9-10,12,14H,5-8,11H2,1-4H3,(H,18,19,21). The number of amides is 1. The van der Waals surface area contributed by atoms with E-state index in [1.165, 1.54) is 24.8 Å². The Morgan fingerprint density at radius 1 is 1.41 bits per heavy atom. The molecular weight excluding hydrogens is 278 g/mol. The van der Waals surface area contributed by atoms with Gasteiger partial charge in [-0.2, -0.15) is 0 Å². The molecule has 1 aromatic heterocycles. The average Bonchev–Trinajstić information content (AvgIpc) is 2.46. The summed E-state index contributed by atoms with van der Waals surface area (Å²) in [5, 5.41) is 2.67. The molecule has 1 saturated heterocycles. The van der Waals surface area contributed by atoms with Gasteiger partial charge < -0.3 is 4.74 Å². The van der Waals surface area contributed by atoms with E-state index in [-0.39, 0.29) is 0 Å². The van der Waals surface area contributed by atoms with Crippen molar-refractivity contribution in [1.82, 2.24) is 9.88 Å². The minimum absolute atomic E-state index is 0.446. The Labute approximate surface area is 133 Å². The number of anilines is 1. The number of nitrogens with one attached hydrogen (secondary N) is 1. The second-order valence-electron chi connectivity index (χ2n) is 6.74. The molecule has 5 nitrogen and oxygen atoms in total. The van der Waals surface area contributed by atoms with Crippen LogP contribution in [0.3, 0.4) is 0 Å². The second-order valence-corrected chi connectivity index (χ2v) is 6.74. The minimum atomic E-state index is -0.506. The summed E-state index contributed by atoms with van der Waals surface area (Å²) < 4.78 is 5.22. The van der Waals surface area contributed by atoms with Crippen molar-refractivity contribution >= 4 is 11.9 Å². The Kier molecular flexibility index (Phi) is 5.40. The summed E-state index contributed by atoms with van der Waals surface area (Å²) in [5.74, 6) is 0.525. The first-order valence-corrected chi connectivity index (χ1v) is 8.09. The number of aromatic nitrogens is 1. The molecule has 1 aromatic rings. The SMILES string of the molecule is CCN1CCCCC1c1ccc(NC(=O)OC(C)(C)C)nc1. The van der Waals surface area contributed by atoms with Crippen LogP contribution in [0.1, 0.15) is 58.6 Å². The summed E-state index contributed by atoms with van der Waals surface area (Å²) in [4.78, 5) is 18.6. The molecule has 22 heavy (non-hydrogen) atoms. The predicted molar refractivity (Wildman–Crippen MR) is 87.9 cm³/mol. The Balaban J connectivity index is 1.99. The molecule has 1 aliphatic heterocycles. The van der Waals surface area contributed by atoms with Crippen molar-refractivity contribution in [2.75, 3.05) is 18.4 Å². The van der Waals surface area contributed by atoms with Gasteiger partial charge in [-0.15, -0.1) is 0 Å². The van der Waals surface area contributed by atoms with E-state index in [0.717, 1.165) is 13.1 Å². The van der Waals surface area contributed by atoms with Crippen LogP contribution in [-0.2, 0) is 4.74 Å². The van der Waals surface area contributed by atoms with E-state index in [9.17, 15) is 4.79 Å². The smallest absolute Gasteiger partial charge is 0.413 e. The van der Waals surface area contributed by atoms with Gasteiger partial charge in [-0.05, 0) is 58.3 Å². The maximum atomic E-state index is 11.7. The van der Waals surface area contributed by atoms with E-state index in [2.05, 4.69) is 28.2 Å². The average molecular weight is 305 g/mol. The van der Waals surface area contributed by atoms with Gasteiger partial charge >= 0.3 is 6.09 Å². The number of nitrogens with zero attached hydrogens (tertiary/aromatic N) is 2. The maximum absolute atomic E-state index is 11.7. The van der Waals surface area contributed by atoms with Crippen LogP contribution < -0.4 is 5.32 Å². The van der Waals surface area contributed by atoms with Crippen LogP contribution >= 0.6 is 0 Å². The zero-order valence-electron chi connectivity index (χ0n) is 14.1. The monoisotopic (exact) mass is 305 g/mol. The lowest BCUT2D eigenvalue weighted by Crippen LogP contribution is -2.33. The molecule has 1 unspecified atom stereocenters. The quantitative estimate of drug-likeness (QED) is 0.918. The third kappa shape index (κ3) is 4.70. The van der Waals surface area contributed by atoms with Gasteiger partial charge in [-0.3, -0.25) is 10.2 Å². The second kappa shape index (κ2) is 7.09. The van der Waals surface area contributed by atoms with Crippen molar-refractivity contribution in [3.8, 4) is 0 Å². The number of hydrogen-bond donors (Lipinski definition) is 1. The van der Waals surface area contributed by atoms with E-state index in [1.807, 2.05) is 33.0 Å². The van der Waals surface area contributed by atoms with Crippen LogP contribution in [-0.4, -0.2) is 34.7 Å². The fourth-order valence-electron chi connectivity index (χ4n) is 2.83. The summed E-state index contributed by atoms with van der Waals surface area (Å²) in [6.07, 6.45) is 5.11. The highest BCUT2D eigenvalue weighted by Crippen LogP contribution is 2.30. The molecule has 1 N–H and O–H groups in total. The molecule has 0 bridgehead atoms. The predicted octanol–water partition coefficient (Wildman–Crippen LogP) is 3.98. The van der Waals surface area contributed by atoms with Crippen molar-refractivity contribution in [2.45, 2.75) is 58.6 Å². The summed E-state index contributed by atoms with van der Waals surface area (Å²) in [6.45, 7) is 9.92. The maximum Gasteiger partial charge on any atom is 0.413 e. The molecular formula is C17H27N3O2. The number of pyridine rings is 1. The van der Waals surface area contributed by atoms with E-state index < -0.39 is 11.7 Å². The van der Waals surface area contributed by atoms with Gasteiger partial charge in [0.1, 0.15) is 11.4 Å². The Hall–Kier alpha value is -1.62. The highest BCUT2D eigenvalue weighted by molar-refractivity contribution is 5.83. The number of rotatable bonds is 3. The highest BCUT2D eigenvalue weighted by atomic mass is 16.6. The zero-order valence-corrected chi connectivity index (χ0v) is 14.1. The summed E-state index contributed by atoms with van der Waals surface area (Å²) in [5.41, 5.74) is 0.713. The van der Waals surface area contributed by atoms with Crippen LogP contribution in [0.2, 0.25) is 0 Å². The molecule has 0 aliphatic carbocycles. The Bertz CT molecular complexity index is 494. The van der Waals surface area contributed by atoms with Crippen molar-refractivity contribution in [2.24, 2.45) is 0 Å². The number of piperidine rings is 1. The fraction of sp³-hybridized carbons (Fsp3) is 0.647. The van der Waals surface area contributed by atoms with Crippen molar-refractivity contribution in [3.63, 3.8) is 0 Å². The van der Waals surface area contributed by atoms with Crippen LogP contribution in [0, 0.1) is 0 Å². The first-order chi connectivity index (χ1) is 10.4. The normalized spacial score (nSPS) is 19.7. The summed E-state index contributed by atoms with van der Waals surface area (Å²) >= 11 is 0. The number of likely N-dealkylation sites (tertiary alicyclic amines) is 1. The molecule has 0 aromatic carbocycles. The molecule has 0 radical (unpaired) electrons. The van der Waals surface area contributed by atoms with Crippen molar-refractivity contribution < 1.29 is 9.53 Å². The van der Waals surface area contributed by atoms with Crippen LogP contribution in [0.15, 0.2) is 18.3 Å². The Morgan fingerprint density at radius 3 is 2.77 bits per heavy atom. The largest absolute Gasteiger partial charge is 0.444 e. The highest BCUT2D eigenvalue weighted by Gasteiger charge is 2.23. The van der Waals surface area contributed by atoms with Crippen LogP contribution in [0.5, 0.6) is 0 Å². The van der Waals surface area contributed by atoms with Crippen molar-refractivity contribution in [3.05, 3.63) is 23.9 Å². The molecule has 0 spiro atoms. The topological polar surface area (TPSA) is 54.5 Å². The summed E-state index contributed by atoms with van der Waals surface area (Å²) in [6, 6.07) is 4.35. The van der Waals surface area contributed by atoms with E-state index in [4.69, 9.17) is 4.74 Å². The third-order valence-electron chi connectivity index (χ3n) is 3.82. The molecule has 122 valence electrons. The Morgan fingerprint density at radius 2 is 2.18 bits per heavy atom. The van der Waals surface area contributed by atoms with Gasteiger partial charge in [-0.1, -0.05) is 19.4 Å². The molecule has 1 fully saturated rings. The molecule has 2 rings (SSSR count). The van der Waals surface area contributed by atoms with E-state index in [0.29, 0.717) is 11.9 Å².